The molecule has 0 bridgehead atoms. The molecule has 1 unspecified atom stereocenters. The van der Waals surface area contributed by atoms with Gasteiger partial charge in [0.25, 0.3) is 6.23 Å². The molecular formula is C11H22NO5S+. The molecule has 0 aliphatic rings. The Hall–Kier alpha value is -0.920. The lowest BCUT2D eigenvalue weighted by molar-refractivity contribution is -1.08. The van der Waals surface area contributed by atoms with Crippen LogP contribution >= 0.6 is 0 Å². The van der Waals surface area contributed by atoms with Gasteiger partial charge in [-0.15, -0.1) is 4.65 Å². The maximum absolute atomic E-state index is 11.6. The zero-order valence-corrected chi connectivity index (χ0v) is 12.4. The second kappa shape index (κ2) is 6.31. The van der Waals surface area contributed by atoms with Gasteiger partial charge in [-0.05, 0) is 13.3 Å². The van der Waals surface area contributed by atoms with E-state index in [2.05, 4.69) is 6.58 Å². The van der Waals surface area contributed by atoms with Crippen LogP contribution in [0.15, 0.2) is 12.2 Å². The first-order chi connectivity index (χ1) is 8.02. The number of hydrogen-bond donors (Lipinski definition) is 0. The van der Waals surface area contributed by atoms with Crippen LogP contribution in [0, 0.1) is 0 Å². The van der Waals surface area contributed by atoms with Crippen LogP contribution < -0.4 is 0 Å². The molecule has 0 N–H and O–H groups in total. The van der Waals surface area contributed by atoms with Gasteiger partial charge in [0.1, 0.15) is 14.1 Å². The molecule has 6 nitrogen and oxygen atoms in total. The van der Waals surface area contributed by atoms with Gasteiger partial charge in [-0.3, -0.25) is 0 Å². The van der Waals surface area contributed by atoms with Gasteiger partial charge >= 0.3 is 16.1 Å². The molecule has 0 aromatic carbocycles. The highest BCUT2D eigenvalue weighted by Gasteiger charge is 2.35. The third kappa shape index (κ3) is 5.61. The lowest BCUT2D eigenvalue weighted by atomic mass is 10.4. The molecule has 18 heavy (non-hydrogen) atoms. The van der Waals surface area contributed by atoms with Crippen molar-refractivity contribution >= 4 is 16.1 Å². The molecule has 0 aromatic heterocycles. The molecule has 0 aliphatic heterocycles. The highest BCUT2D eigenvalue weighted by Crippen LogP contribution is 2.14. The zero-order valence-electron chi connectivity index (χ0n) is 11.6. The highest BCUT2D eigenvalue weighted by molar-refractivity contribution is 7.86. The molecule has 0 fully saturated rings. The van der Waals surface area contributed by atoms with Crippen LogP contribution in [0.4, 0.5) is 0 Å². The van der Waals surface area contributed by atoms with Crippen molar-refractivity contribution < 1.29 is 26.9 Å². The van der Waals surface area contributed by atoms with E-state index in [0.717, 1.165) is 0 Å². The fraction of sp³-hybridized carbons (Fsp3) is 0.727. The molecule has 0 radical (unpaired) electrons. The number of rotatable bonds is 7. The number of esters is 1. The minimum Gasteiger partial charge on any atom is -0.406 e. The van der Waals surface area contributed by atoms with Gasteiger partial charge in [0.15, 0.2) is 0 Å². The van der Waals surface area contributed by atoms with Gasteiger partial charge in [-0.25, -0.2) is 4.79 Å². The van der Waals surface area contributed by atoms with E-state index in [0.29, 0.717) is 6.42 Å². The molecule has 0 saturated carbocycles. The smallest absolute Gasteiger partial charge is 0.337 e. The predicted octanol–water partition coefficient (Wildman–Crippen LogP) is 1.20. The van der Waals surface area contributed by atoms with Crippen LogP contribution in [0.1, 0.15) is 27.2 Å². The van der Waals surface area contributed by atoms with Crippen molar-refractivity contribution in [3.8, 4) is 0 Å². The van der Waals surface area contributed by atoms with Crippen LogP contribution in [-0.2, 0) is 23.9 Å². The van der Waals surface area contributed by atoms with Crippen molar-refractivity contribution in [3.63, 3.8) is 0 Å². The number of nitrogens with zero attached hydrogens (tertiary/aromatic N) is 1. The van der Waals surface area contributed by atoms with Gasteiger partial charge in [0.05, 0.1) is 5.75 Å². The van der Waals surface area contributed by atoms with Crippen molar-refractivity contribution in [3.05, 3.63) is 12.2 Å². The largest absolute Gasteiger partial charge is 0.406 e. The van der Waals surface area contributed by atoms with E-state index in [1.165, 1.54) is 21.0 Å². The van der Waals surface area contributed by atoms with E-state index < -0.39 is 27.0 Å². The Morgan fingerprint density at radius 1 is 1.39 bits per heavy atom. The molecule has 0 amide bonds. The highest BCUT2D eigenvalue weighted by atomic mass is 32.2. The van der Waals surface area contributed by atoms with E-state index in [9.17, 15) is 13.2 Å². The Morgan fingerprint density at radius 2 is 1.89 bits per heavy atom. The van der Waals surface area contributed by atoms with Crippen LogP contribution in [0.3, 0.4) is 0 Å². The Labute approximate surface area is 109 Å². The number of hydroxylamine groups is 3. The number of hydrogen-bond acceptors (Lipinski definition) is 5. The van der Waals surface area contributed by atoms with Crippen LogP contribution in [0.25, 0.3) is 0 Å². The minimum absolute atomic E-state index is 0.0736. The monoisotopic (exact) mass is 280 g/mol. The van der Waals surface area contributed by atoms with Crippen molar-refractivity contribution in [2.24, 2.45) is 0 Å². The van der Waals surface area contributed by atoms with Crippen LogP contribution in [0.2, 0.25) is 0 Å². The van der Waals surface area contributed by atoms with E-state index in [1.54, 1.807) is 13.8 Å². The van der Waals surface area contributed by atoms with E-state index >= 15 is 0 Å². The molecule has 0 aliphatic carbocycles. The van der Waals surface area contributed by atoms with Gasteiger partial charge in [0.2, 0.25) is 0 Å². The molecule has 0 heterocycles. The summed E-state index contributed by atoms with van der Waals surface area (Å²) in [7, 11) is -0.625. The Balaban J connectivity index is 4.72. The average molecular weight is 280 g/mol. The summed E-state index contributed by atoms with van der Waals surface area (Å²) >= 11 is 0. The maximum Gasteiger partial charge on any atom is 0.337 e. The first-order valence-corrected chi connectivity index (χ1v) is 7.23. The normalized spacial score (nSPS) is 14.1. The quantitative estimate of drug-likeness (QED) is 0.230. The predicted molar refractivity (Wildman–Crippen MR) is 67.6 cm³/mol. The summed E-state index contributed by atoms with van der Waals surface area (Å²) in [6.45, 7) is 8.27. The summed E-state index contributed by atoms with van der Waals surface area (Å²) in [5.74, 6) is -0.652. The second-order valence-electron chi connectivity index (χ2n) is 4.56. The molecule has 0 spiro atoms. The first-order valence-electron chi connectivity index (χ1n) is 5.66. The van der Waals surface area contributed by atoms with E-state index in [-0.39, 0.29) is 11.3 Å². The molecule has 0 saturated heterocycles. The summed E-state index contributed by atoms with van der Waals surface area (Å²) in [6, 6.07) is 0. The summed E-state index contributed by atoms with van der Waals surface area (Å²) < 4.78 is 32.8. The Bertz CT molecular complexity index is 413. The third-order valence-corrected chi connectivity index (χ3v) is 3.78. The fourth-order valence-corrected chi connectivity index (χ4v) is 2.30. The number of carbonyl (C=O) groups excluding carboxylic acids is 1. The number of carbonyl (C=O) groups is 1. The maximum atomic E-state index is 11.6. The van der Waals surface area contributed by atoms with Crippen molar-refractivity contribution in [1.82, 2.24) is 0 Å². The van der Waals surface area contributed by atoms with Crippen molar-refractivity contribution in [2.75, 3.05) is 19.8 Å². The van der Waals surface area contributed by atoms with Crippen molar-refractivity contribution in [2.45, 2.75) is 33.4 Å². The topological polar surface area (TPSA) is 69.7 Å². The second-order valence-corrected chi connectivity index (χ2v) is 6.23. The van der Waals surface area contributed by atoms with Crippen LogP contribution in [0.5, 0.6) is 0 Å². The lowest BCUT2D eigenvalue weighted by Gasteiger charge is -2.30. The molecule has 1 atom stereocenters. The van der Waals surface area contributed by atoms with Gasteiger partial charge < -0.3 is 4.74 Å². The molecule has 0 aromatic rings. The van der Waals surface area contributed by atoms with E-state index in [4.69, 9.17) is 9.02 Å². The summed E-state index contributed by atoms with van der Waals surface area (Å²) in [5, 5.41) is 0. The molecule has 106 valence electrons. The number of quaternary nitrogens is 1. The SMILES string of the molecule is C=C(C)C(=O)OC(C)[N+](C)(C)OS(=O)(=O)CCC. The average Bonchev–Trinajstić information content (AvgIpc) is 2.14. The zero-order chi connectivity index (χ0) is 14.6. The molecule has 7 heteroatoms. The van der Waals surface area contributed by atoms with Crippen LogP contribution in [-0.4, -0.2) is 45.1 Å². The Kier molecular flexibility index (Phi) is 5.98. The standard InChI is InChI=1S/C11H22NO5S/c1-7-8-18(14,15)17-12(5,6)10(4)16-11(13)9(2)3/h10H,2,7-8H2,1,3-6H3/q+1. The molecule has 0 rings (SSSR count). The van der Waals surface area contributed by atoms with Gasteiger partial charge in [0, 0.05) is 12.5 Å². The fourth-order valence-electron chi connectivity index (χ4n) is 1.02. The van der Waals surface area contributed by atoms with Gasteiger partial charge in [-0.1, -0.05) is 17.8 Å². The third-order valence-electron chi connectivity index (χ3n) is 2.26. The summed E-state index contributed by atoms with van der Waals surface area (Å²) in [5.41, 5.74) is 0.248. The first kappa shape index (κ1) is 17.1. The minimum atomic E-state index is -3.63. The van der Waals surface area contributed by atoms with Crippen molar-refractivity contribution in [1.29, 1.82) is 0 Å². The van der Waals surface area contributed by atoms with Gasteiger partial charge in [-0.2, -0.15) is 8.42 Å². The lowest BCUT2D eigenvalue weighted by Crippen LogP contribution is -2.50. The van der Waals surface area contributed by atoms with E-state index in [1.807, 2.05) is 0 Å². The summed E-state index contributed by atoms with van der Waals surface area (Å²) in [6.07, 6.45) is -0.303. The number of ether oxygens (including phenoxy) is 1. The Morgan fingerprint density at radius 3 is 2.28 bits per heavy atom. The summed E-state index contributed by atoms with van der Waals surface area (Å²) in [4.78, 5) is 11.4. The molecular weight excluding hydrogens is 258 g/mol.